The van der Waals surface area contributed by atoms with E-state index in [9.17, 15) is 4.79 Å². The van der Waals surface area contributed by atoms with Crippen LogP contribution in [-0.2, 0) is 6.42 Å². The van der Waals surface area contributed by atoms with Crippen LogP contribution in [0.2, 0.25) is 0 Å². The van der Waals surface area contributed by atoms with Crippen molar-refractivity contribution >= 4 is 5.78 Å². The van der Waals surface area contributed by atoms with Gasteiger partial charge in [-0.15, -0.1) is 0 Å². The van der Waals surface area contributed by atoms with E-state index in [2.05, 4.69) is 38.1 Å². The van der Waals surface area contributed by atoms with Gasteiger partial charge in [0.1, 0.15) is 0 Å². The maximum atomic E-state index is 12.7. The Morgan fingerprint density at radius 2 is 1.48 bits per heavy atom. The van der Waals surface area contributed by atoms with Crippen molar-refractivity contribution in [1.82, 2.24) is 0 Å². The topological polar surface area (TPSA) is 17.1 Å². The number of rotatable bonds is 4. The molecule has 0 aliphatic heterocycles. The third kappa shape index (κ3) is 3.60. The number of aryl methyl sites for hydroxylation is 4. The van der Waals surface area contributed by atoms with E-state index < -0.39 is 0 Å². The zero-order valence-corrected chi connectivity index (χ0v) is 13.7. The molecule has 0 aliphatic carbocycles. The van der Waals surface area contributed by atoms with Gasteiger partial charge in [-0.05, 0) is 56.9 Å². The van der Waals surface area contributed by atoms with E-state index in [1.54, 1.807) is 0 Å². The predicted octanol–water partition coefficient (Wildman–Crippen LogP) is 4.98. The predicted molar refractivity (Wildman–Crippen MR) is 89.0 cm³/mol. The quantitative estimate of drug-likeness (QED) is 0.722. The Kier molecular flexibility index (Phi) is 4.62. The van der Waals surface area contributed by atoms with E-state index in [0.717, 1.165) is 23.1 Å². The summed E-state index contributed by atoms with van der Waals surface area (Å²) in [5, 5.41) is 0. The minimum atomic E-state index is 0.00556. The van der Waals surface area contributed by atoms with E-state index in [-0.39, 0.29) is 11.7 Å². The van der Waals surface area contributed by atoms with Crippen molar-refractivity contribution in [3.63, 3.8) is 0 Å². The molecule has 1 unspecified atom stereocenters. The molecule has 2 aromatic carbocycles. The molecule has 0 aliphatic rings. The van der Waals surface area contributed by atoms with Gasteiger partial charge in [0.2, 0.25) is 0 Å². The highest BCUT2D eigenvalue weighted by molar-refractivity contribution is 5.99. The molecule has 1 atom stereocenters. The molecule has 1 nitrogen and oxygen atoms in total. The van der Waals surface area contributed by atoms with Crippen LogP contribution in [0.5, 0.6) is 0 Å². The second-order valence-electron chi connectivity index (χ2n) is 6.22. The third-order valence-corrected chi connectivity index (χ3v) is 4.14. The van der Waals surface area contributed by atoms with Crippen molar-refractivity contribution in [2.75, 3.05) is 0 Å². The van der Waals surface area contributed by atoms with E-state index in [0.29, 0.717) is 0 Å². The molecule has 21 heavy (non-hydrogen) atoms. The smallest absolute Gasteiger partial charge is 0.166 e. The normalized spacial score (nSPS) is 12.2. The number of benzene rings is 2. The van der Waals surface area contributed by atoms with Crippen LogP contribution in [0.3, 0.4) is 0 Å². The van der Waals surface area contributed by atoms with Crippen LogP contribution in [-0.4, -0.2) is 5.78 Å². The van der Waals surface area contributed by atoms with Crippen LogP contribution in [0.4, 0.5) is 0 Å². The molecule has 0 saturated carbocycles. The first-order valence-electron chi connectivity index (χ1n) is 7.56. The van der Waals surface area contributed by atoms with Crippen LogP contribution < -0.4 is 0 Å². The molecule has 110 valence electrons. The molecule has 0 bridgehead atoms. The van der Waals surface area contributed by atoms with Gasteiger partial charge in [0.25, 0.3) is 0 Å². The van der Waals surface area contributed by atoms with Crippen LogP contribution >= 0.6 is 0 Å². The van der Waals surface area contributed by atoms with Crippen molar-refractivity contribution in [2.45, 2.75) is 41.0 Å². The molecule has 0 N–H and O–H groups in total. The van der Waals surface area contributed by atoms with Gasteiger partial charge in [-0.1, -0.05) is 48.4 Å². The lowest BCUT2D eigenvalue weighted by atomic mass is 9.88. The molecule has 0 aromatic heterocycles. The lowest BCUT2D eigenvalue weighted by Gasteiger charge is -2.15. The summed E-state index contributed by atoms with van der Waals surface area (Å²) in [4.78, 5) is 12.7. The molecule has 2 rings (SSSR count). The monoisotopic (exact) mass is 280 g/mol. The van der Waals surface area contributed by atoms with Crippen molar-refractivity contribution in [3.05, 3.63) is 69.8 Å². The van der Waals surface area contributed by atoms with Gasteiger partial charge in [0.15, 0.2) is 5.78 Å². The van der Waals surface area contributed by atoms with Gasteiger partial charge in [-0.2, -0.15) is 0 Å². The summed E-state index contributed by atoms with van der Waals surface area (Å²) in [6, 6.07) is 12.6. The molecule has 0 radical (unpaired) electrons. The second-order valence-corrected chi connectivity index (χ2v) is 6.22. The van der Waals surface area contributed by atoms with Crippen LogP contribution in [0, 0.1) is 33.6 Å². The Bertz CT molecular complexity index is 668. The first kappa shape index (κ1) is 15.5. The van der Waals surface area contributed by atoms with Crippen molar-refractivity contribution in [2.24, 2.45) is 5.92 Å². The van der Waals surface area contributed by atoms with Gasteiger partial charge >= 0.3 is 0 Å². The third-order valence-electron chi connectivity index (χ3n) is 4.14. The maximum absolute atomic E-state index is 12.7. The number of hydrogen-bond acceptors (Lipinski definition) is 1. The molecule has 0 fully saturated rings. The minimum Gasteiger partial charge on any atom is -0.294 e. The first-order valence-corrected chi connectivity index (χ1v) is 7.56. The van der Waals surface area contributed by atoms with Crippen LogP contribution in [0.15, 0.2) is 36.4 Å². The van der Waals surface area contributed by atoms with Gasteiger partial charge in [-0.3, -0.25) is 4.79 Å². The zero-order chi connectivity index (χ0) is 15.6. The van der Waals surface area contributed by atoms with Crippen molar-refractivity contribution in [3.8, 4) is 0 Å². The van der Waals surface area contributed by atoms with Gasteiger partial charge in [0, 0.05) is 11.5 Å². The molecule has 0 amide bonds. The van der Waals surface area contributed by atoms with Crippen LogP contribution in [0.25, 0.3) is 0 Å². The molecule has 0 saturated heterocycles. The van der Waals surface area contributed by atoms with Crippen LogP contribution in [0.1, 0.15) is 45.1 Å². The fraction of sp³-hybridized carbons (Fsp3) is 0.350. The zero-order valence-electron chi connectivity index (χ0n) is 13.7. The first-order chi connectivity index (χ1) is 9.88. The van der Waals surface area contributed by atoms with Gasteiger partial charge < -0.3 is 0 Å². The Labute approximate surface area is 128 Å². The average molecular weight is 280 g/mol. The number of Topliss-reactive ketones (excluding diaryl/α,β-unsaturated/α-hetero) is 1. The summed E-state index contributed by atoms with van der Waals surface area (Å²) in [5.41, 5.74) is 6.87. The van der Waals surface area contributed by atoms with E-state index in [4.69, 9.17) is 0 Å². The second kappa shape index (κ2) is 6.26. The van der Waals surface area contributed by atoms with E-state index >= 15 is 0 Å². The lowest BCUT2D eigenvalue weighted by Crippen LogP contribution is -2.16. The highest BCUT2D eigenvalue weighted by Gasteiger charge is 2.18. The Balaban J connectivity index is 2.23. The van der Waals surface area contributed by atoms with E-state index in [1.807, 2.05) is 32.9 Å². The summed E-state index contributed by atoms with van der Waals surface area (Å²) in [6.45, 7) is 10.3. The summed E-state index contributed by atoms with van der Waals surface area (Å²) in [7, 11) is 0. The Morgan fingerprint density at radius 3 is 2.14 bits per heavy atom. The molecule has 1 heteroatoms. The number of hydrogen-bond donors (Lipinski definition) is 0. The molecule has 0 heterocycles. The lowest BCUT2D eigenvalue weighted by molar-refractivity contribution is 0.0928. The summed E-state index contributed by atoms with van der Waals surface area (Å²) < 4.78 is 0. The standard InChI is InChI=1S/C20H24O/c1-13-6-8-15(3)18(10-13)12-17(5)20(21)19-11-14(2)7-9-16(19)4/h6-11,17H,12H2,1-5H3. The fourth-order valence-corrected chi connectivity index (χ4v) is 2.71. The number of carbonyl (C=O) groups excluding carboxylic acids is 1. The molecular formula is C20H24O. The summed E-state index contributed by atoms with van der Waals surface area (Å²) >= 11 is 0. The SMILES string of the molecule is Cc1ccc(C)c(CC(C)C(=O)c2cc(C)ccc2C)c1. The number of ketones is 1. The Hall–Kier alpha value is -1.89. The average Bonchev–Trinajstić information content (AvgIpc) is 2.44. The number of carbonyl (C=O) groups is 1. The largest absolute Gasteiger partial charge is 0.294 e. The van der Waals surface area contributed by atoms with Crippen molar-refractivity contribution < 1.29 is 4.79 Å². The summed E-state index contributed by atoms with van der Waals surface area (Å²) in [5.74, 6) is 0.253. The Morgan fingerprint density at radius 1 is 0.905 bits per heavy atom. The minimum absolute atomic E-state index is 0.00556. The maximum Gasteiger partial charge on any atom is 0.166 e. The van der Waals surface area contributed by atoms with Gasteiger partial charge in [-0.25, -0.2) is 0 Å². The highest BCUT2D eigenvalue weighted by atomic mass is 16.1. The fourth-order valence-electron chi connectivity index (χ4n) is 2.71. The van der Waals surface area contributed by atoms with E-state index in [1.165, 1.54) is 16.7 Å². The molecular weight excluding hydrogens is 256 g/mol. The van der Waals surface area contributed by atoms with Crippen molar-refractivity contribution in [1.29, 1.82) is 0 Å². The highest BCUT2D eigenvalue weighted by Crippen LogP contribution is 2.21. The summed E-state index contributed by atoms with van der Waals surface area (Å²) in [6.07, 6.45) is 0.805. The van der Waals surface area contributed by atoms with Gasteiger partial charge in [0.05, 0.1) is 0 Å². The molecule has 0 spiro atoms. The molecule has 2 aromatic rings.